The molecule has 3 aliphatic heterocycles. The third kappa shape index (κ3) is 3.08. The van der Waals surface area contributed by atoms with Crippen LogP contribution in [0.5, 0.6) is 0 Å². The molecule has 2 bridgehead atoms. The van der Waals surface area contributed by atoms with Gasteiger partial charge in [0.1, 0.15) is 0 Å². The van der Waals surface area contributed by atoms with Crippen molar-refractivity contribution in [1.29, 1.82) is 0 Å². The highest BCUT2D eigenvalue weighted by Crippen LogP contribution is 2.36. The van der Waals surface area contributed by atoms with Crippen LogP contribution < -0.4 is 0 Å². The van der Waals surface area contributed by atoms with Crippen LogP contribution in [0.25, 0.3) is 6.08 Å². The van der Waals surface area contributed by atoms with E-state index in [9.17, 15) is 9.90 Å². The SMILES string of the molecule is CCOC(=O)c1ccc(C=CC2(O)CN3CCC2CC3)cc1. The molecule has 1 N–H and O–H groups in total. The Kier molecular flexibility index (Phi) is 4.32. The first-order valence-corrected chi connectivity index (χ1v) is 8.02. The number of hydrogen-bond acceptors (Lipinski definition) is 4. The van der Waals surface area contributed by atoms with Gasteiger partial charge in [0.05, 0.1) is 17.8 Å². The fourth-order valence-corrected chi connectivity index (χ4v) is 3.45. The maximum atomic E-state index is 11.6. The number of piperidine rings is 3. The lowest BCUT2D eigenvalue weighted by molar-refractivity contribution is -0.0775. The van der Waals surface area contributed by atoms with Gasteiger partial charge in [-0.1, -0.05) is 24.3 Å². The van der Waals surface area contributed by atoms with Crippen molar-refractivity contribution in [2.24, 2.45) is 5.92 Å². The second-order valence-electron chi connectivity index (χ2n) is 6.22. The van der Waals surface area contributed by atoms with Gasteiger partial charge in [0.2, 0.25) is 0 Å². The third-order valence-corrected chi connectivity index (χ3v) is 4.76. The lowest BCUT2D eigenvalue weighted by atomic mass is 9.75. The van der Waals surface area contributed by atoms with Gasteiger partial charge >= 0.3 is 5.97 Å². The van der Waals surface area contributed by atoms with Crippen molar-refractivity contribution in [3.05, 3.63) is 41.5 Å². The Bertz CT molecular complexity index is 558. The molecule has 0 aromatic heterocycles. The third-order valence-electron chi connectivity index (χ3n) is 4.76. The van der Waals surface area contributed by atoms with Gasteiger partial charge in [-0.15, -0.1) is 0 Å². The van der Waals surface area contributed by atoms with Crippen LogP contribution in [0.4, 0.5) is 0 Å². The van der Waals surface area contributed by atoms with E-state index in [0.717, 1.165) is 38.0 Å². The largest absolute Gasteiger partial charge is 0.462 e. The molecule has 0 saturated carbocycles. The number of hydrogen-bond donors (Lipinski definition) is 1. The number of fused-ring (bicyclic) bond motifs is 3. The minimum Gasteiger partial charge on any atom is -0.462 e. The van der Waals surface area contributed by atoms with Crippen LogP contribution in [-0.4, -0.2) is 47.8 Å². The van der Waals surface area contributed by atoms with Crippen LogP contribution in [0, 0.1) is 5.92 Å². The molecule has 0 aliphatic carbocycles. The minimum absolute atomic E-state index is 0.297. The Labute approximate surface area is 131 Å². The van der Waals surface area contributed by atoms with E-state index in [1.54, 1.807) is 19.1 Å². The Morgan fingerprint density at radius 1 is 1.36 bits per heavy atom. The number of esters is 1. The normalized spacial score (nSPS) is 30.6. The molecule has 4 rings (SSSR count). The number of aliphatic hydroxyl groups is 1. The number of rotatable bonds is 4. The molecule has 0 amide bonds. The summed E-state index contributed by atoms with van der Waals surface area (Å²) >= 11 is 0. The molecule has 0 radical (unpaired) electrons. The number of nitrogens with zero attached hydrogens (tertiary/aromatic N) is 1. The van der Waals surface area contributed by atoms with Gasteiger partial charge in [-0.3, -0.25) is 0 Å². The Hall–Kier alpha value is -1.65. The van der Waals surface area contributed by atoms with E-state index in [-0.39, 0.29) is 5.97 Å². The number of benzene rings is 1. The maximum absolute atomic E-state index is 11.6. The van der Waals surface area contributed by atoms with Crippen molar-refractivity contribution >= 4 is 12.0 Å². The summed E-state index contributed by atoms with van der Waals surface area (Å²) in [6.45, 7) is 5.12. The lowest BCUT2D eigenvalue weighted by Gasteiger charge is -2.49. The van der Waals surface area contributed by atoms with E-state index in [4.69, 9.17) is 4.74 Å². The Balaban J connectivity index is 1.69. The molecule has 1 aromatic carbocycles. The van der Waals surface area contributed by atoms with E-state index >= 15 is 0 Å². The summed E-state index contributed by atoms with van der Waals surface area (Å²) in [5.41, 5.74) is 0.828. The van der Waals surface area contributed by atoms with E-state index < -0.39 is 5.60 Å². The number of ether oxygens (including phenoxy) is 1. The molecule has 3 aliphatic rings. The van der Waals surface area contributed by atoms with Gasteiger partial charge in [0.25, 0.3) is 0 Å². The van der Waals surface area contributed by atoms with E-state index in [0.29, 0.717) is 18.1 Å². The Morgan fingerprint density at radius 2 is 2.05 bits per heavy atom. The van der Waals surface area contributed by atoms with Crippen molar-refractivity contribution in [1.82, 2.24) is 4.90 Å². The zero-order chi connectivity index (χ0) is 15.6. The molecule has 4 heteroatoms. The predicted octanol–water partition coefficient (Wildman–Crippen LogP) is 2.33. The van der Waals surface area contributed by atoms with Gasteiger partial charge < -0.3 is 14.7 Å². The van der Waals surface area contributed by atoms with Crippen LogP contribution in [0.1, 0.15) is 35.7 Å². The molecule has 3 saturated heterocycles. The quantitative estimate of drug-likeness (QED) is 0.867. The molecule has 118 valence electrons. The zero-order valence-corrected chi connectivity index (χ0v) is 13.0. The molecular weight excluding hydrogens is 278 g/mol. The van der Waals surface area contributed by atoms with Crippen LogP contribution in [0.3, 0.4) is 0 Å². The fourth-order valence-electron chi connectivity index (χ4n) is 3.45. The highest BCUT2D eigenvalue weighted by Gasteiger charge is 2.43. The molecule has 4 nitrogen and oxygen atoms in total. The highest BCUT2D eigenvalue weighted by atomic mass is 16.5. The van der Waals surface area contributed by atoms with Crippen molar-refractivity contribution in [2.75, 3.05) is 26.2 Å². The standard InChI is InChI=1S/C18H23NO3/c1-2-22-17(20)15-5-3-14(4-6-15)7-10-18(21)13-19-11-8-16(18)9-12-19/h3-7,10,16,21H,2,8-9,11-13H2,1H3. The maximum Gasteiger partial charge on any atom is 0.338 e. The van der Waals surface area contributed by atoms with Gasteiger partial charge in [-0.25, -0.2) is 4.79 Å². The van der Waals surface area contributed by atoms with Gasteiger partial charge in [0.15, 0.2) is 0 Å². The average molecular weight is 301 g/mol. The molecule has 1 aromatic rings. The summed E-state index contributed by atoms with van der Waals surface area (Å²) in [7, 11) is 0. The van der Waals surface area contributed by atoms with E-state index in [1.807, 2.05) is 24.3 Å². The highest BCUT2D eigenvalue weighted by molar-refractivity contribution is 5.89. The van der Waals surface area contributed by atoms with E-state index in [1.165, 1.54) is 0 Å². The second-order valence-corrected chi connectivity index (χ2v) is 6.22. The average Bonchev–Trinajstić information content (AvgIpc) is 2.55. The minimum atomic E-state index is -0.712. The summed E-state index contributed by atoms with van der Waals surface area (Å²) in [5.74, 6) is 0.0709. The van der Waals surface area contributed by atoms with Crippen molar-refractivity contribution in [3.8, 4) is 0 Å². The lowest BCUT2D eigenvalue weighted by Crippen LogP contribution is -2.58. The molecule has 3 fully saturated rings. The molecule has 22 heavy (non-hydrogen) atoms. The van der Waals surface area contributed by atoms with Crippen molar-refractivity contribution < 1.29 is 14.6 Å². The first-order valence-electron chi connectivity index (χ1n) is 8.02. The summed E-state index contributed by atoms with van der Waals surface area (Å²) in [5, 5.41) is 10.8. The van der Waals surface area contributed by atoms with Crippen LogP contribution >= 0.6 is 0 Å². The van der Waals surface area contributed by atoms with E-state index in [2.05, 4.69) is 4.90 Å². The first-order chi connectivity index (χ1) is 10.6. The van der Waals surface area contributed by atoms with Gasteiger partial charge in [-0.2, -0.15) is 0 Å². The fraction of sp³-hybridized carbons (Fsp3) is 0.500. The van der Waals surface area contributed by atoms with Gasteiger partial charge in [-0.05, 0) is 56.5 Å². The van der Waals surface area contributed by atoms with Crippen molar-refractivity contribution in [3.63, 3.8) is 0 Å². The van der Waals surface area contributed by atoms with Crippen LogP contribution in [0.2, 0.25) is 0 Å². The topological polar surface area (TPSA) is 49.8 Å². The predicted molar refractivity (Wildman–Crippen MR) is 85.5 cm³/mol. The summed E-state index contributed by atoms with van der Waals surface area (Å²) in [6, 6.07) is 7.29. The summed E-state index contributed by atoms with van der Waals surface area (Å²) in [6.07, 6.45) is 6.03. The van der Waals surface area contributed by atoms with Crippen LogP contribution in [-0.2, 0) is 4.74 Å². The molecule has 3 heterocycles. The summed E-state index contributed by atoms with van der Waals surface area (Å²) in [4.78, 5) is 13.9. The second kappa shape index (κ2) is 6.23. The summed E-state index contributed by atoms with van der Waals surface area (Å²) < 4.78 is 4.97. The van der Waals surface area contributed by atoms with Gasteiger partial charge in [0, 0.05) is 6.54 Å². The Morgan fingerprint density at radius 3 is 2.59 bits per heavy atom. The number of carbonyl (C=O) groups is 1. The van der Waals surface area contributed by atoms with Crippen LogP contribution in [0.15, 0.2) is 30.3 Å². The first kappa shape index (κ1) is 15.3. The molecule has 0 spiro atoms. The zero-order valence-electron chi connectivity index (χ0n) is 13.0. The molecule has 1 unspecified atom stereocenters. The molecule has 1 atom stereocenters. The monoisotopic (exact) mass is 301 g/mol. The molecular formula is C18H23NO3. The number of carbonyl (C=O) groups excluding carboxylic acids is 1. The van der Waals surface area contributed by atoms with Crippen molar-refractivity contribution in [2.45, 2.75) is 25.4 Å². The smallest absolute Gasteiger partial charge is 0.338 e.